The zero-order chi connectivity index (χ0) is 18.7. The van der Waals surface area contributed by atoms with Gasteiger partial charge in [-0.3, -0.25) is 0 Å². The first-order valence-electron chi connectivity index (χ1n) is 8.47. The van der Waals surface area contributed by atoms with Crippen LogP contribution in [0.1, 0.15) is 18.4 Å². The average molecular weight is 379 g/mol. The molecule has 0 unspecified atom stereocenters. The number of methoxy groups -OCH3 is 1. The summed E-state index contributed by atoms with van der Waals surface area (Å²) in [6, 6.07) is 11.0. The highest BCUT2D eigenvalue weighted by molar-refractivity contribution is 7.89. The average Bonchev–Trinajstić information content (AvgIpc) is 2.64. The Morgan fingerprint density at radius 2 is 1.73 bits per heavy atom. The van der Waals surface area contributed by atoms with E-state index in [9.17, 15) is 12.8 Å². The molecule has 1 aliphatic rings. The molecule has 1 fully saturated rings. The van der Waals surface area contributed by atoms with Gasteiger partial charge in [0.25, 0.3) is 0 Å². The number of hydrogen-bond acceptors (Lipinski definition) is 4. The second-order valence-corrected chi connectivity index (χ2v) is 8.24. The maximum absolute atomic E-state index is 13.0. The molecular weight excluding hydrogens is 357 g/mol. The normalized spacial score (nSPS) is 16.4. The molecule has 1 saturated heterocycles. The lowest BCUT2D eigenvalue weighted by Gasteiger charge is -2.31. The van der Waals surface area contributed by atoms with E-state index in [4.69, 9.17) is 9.47 Å². The van der Waals surface area contributed by atoms with Gasteiger partial charge in [0.15, 0.2) is 0 Å². The van der Waals surface area contributed by atoms with E-state index in [0.29, 0.717) is 37.4 Å². The fourth-order valence-corrected chi connectivity index (χ4v) is 4.73. The lowest BCUT2D eigenvalue weighted by molar-refractivity contribution is 0.135. The van der Waals surface area contributed by atoms with Crippen molar-refractivity contribution < 1.29 is 22.3 Å². The maximum Gasteiger partial charge on any atom is 0.246 e. The number of sulfonamides is 1. The van der Waals surface area contributed by atoms with Crippen LogP contribution in [0.5, 0.6) is 11.5 Å². The summed E-state index contributed by atoms with van der Waals surface area (Å²) in [6.45, 7) is 2.58. The summed E-state index contributed by atoms with van der Waals surface area (Å²) in [5, 5.41) is 0. The van der Waals surface area contributed by atoms with E-state index in [1.807, 2.05) is 13.0 Å². The van der Waals surface area contributed by atoms with Crippen molar-refractivity contribution >= 4 is 10.0 Å². The molecule has 0 bridgehead atoms. The second kappa shape index (κ2) is 7.63. The lowest BCUT2D eigenvalue weighted by Crippen LogP contribution is -2.41. The van der Waals surface area contributed by atoms with Gasteiger partial charge in [-0.1, -0.05) is 6.07 Å². The summed E-state index contributed by atoms with van der Waals surface area (Å²) in [7, 11) is -2.16. The number of aryl methyl sites for hydroxylation is 1. The van der Waals surface area contributed by atoms with Crippen LogP contribution in [-0.2, 0) is 10.0 Å². The summed E-state index contributed by atoms with van der Waals surface area (Å²) in [5.74, 6) is 0.624. The first kappa shape index (κ1) is 18.7. The minimum absolute atomic E-state index is 0.0914. The molecule has 26 heavy (non-hydrogen) atoms. The van der Waals surface area contributed by atoms with E-state index in [0.717, 1.165) is 5.56 Å². The number of piperidine rings is 1. The van der Waals surface area contributed by atoms with Crippen LogP contribution in [0.15, 0.2) is 47.4 Å². The molecule has 5 nitrogen and oxygen atoms in total. The van der Waals surface area contributed by atoms with E-state index in [1.54, 1.807) is 24.3 Å². The predicted octanol–water partition coefficient (Wildman–Crippen LogP) is 3.37. The van der Waals surface area contributed by atoms with Crippen LogP contribution in [0.25, 0.3) is 0 Å². The van der Waals surface area contributed by atoms with Gasteiger partial charge in [0.2, 0.25) is 10.0 Å². The van der Waals surface area contributed by atoms with Crippen molar-refractivity contribution in [2.24, 2.45) is 0 Å². The van der Waals surface area contributed by atoms with Crippen LogP contribution < -0.4 is 9.47 Å². The molecule has 2 aromatic rings. The van der Waals surface area contributed by atoms with Crippen molar-refractivity contribution in [1.82, 2.24) is 4.31 Å². The van der Waals surface area contributed by atoms with E-state index < -0.39 is 10.0 Å². The van der Waals surface area contributed by atoms with Crippen LogP contribution in [0.2, 0.25) is 0 Å². The van der Waals surface area contributed by atoms with Crippen molar-refractivity contribution in [3.05, 3.63) is 53.8 Å². The molecule has 0 aromatic heterocycles. The third kappa shape index (κ3) is 3.99. The van der Waals surface area contributed by atoms with Crippen LogP contribution in [0, 0.1) is 12.7 Å². The SMILES string of the molecule is COc1ccc(C)cc1S(=O)(=O)N1CCC(Oc2ccc(F)cc2)CC1. The summed E-state index contributed by atoms with van der Waals surface area (Å²) in [5.41, 5.74) is 0.860. The minimum Gasteiger partial charge on any atom is -0.495 e. The third-order valence-corrected chi connectivity index (χ3v) is 6.37. The summed E-state index contributed by atoms with van der Waals surface area (Å²) in [4.78, 5) is 0.193. The number of hydrogen-bond donors (Lipinski definition) is 0. The van der Waals surface area contributed by atoms with Gasteiger partial charge in [0.1, 0.15) is 28.3 Å². The van der Waals surface area contributed by atoms with Crippen LogP contribution in [-0.4, -0.2) is 39.0 Å². The van der Waals surface area contributed by atoms with Gasteiger partial charge in [-0.2, -0.15) is 4.31 Å². The van der Waals surface area contributed by atoms with Crippen LogP contribution >= 0.6 is 0 Å². The number of ether oxygens (including phenoxy) is 2. The van der Waals surface area contributed by atoms with E-state index in [2.05, 4.69) is 0 Å². The molecule has 1 aliphatic heterocycles. The quantitative estimate of drug-likeness (QED) is 0.799. The Kier molecular flexibility index (Phi) is 5.48. The third-order valence-electron chi connectivity index (χ3n) is 4.45. The predicted molar refractivity (Wildman–Crippen MR) is 96.5 cm³/mol. The van der Waals surface area contributed by atoms with Gasteiger partial charge in [0, 0.05) is 13.1 Å². The summed E-state index contributed by atoms with van der Waals surface area (Å²) < 4.78 is 51.5. The molecule has 1 heterocycles. The van der Waals surface area contributed by atoms with Gasteiger partial charge in [0.05, 0.1) is 7.11 Å². The molecule has 0 spiro atoms. The monoisotopic (exact) mass is 379 g/mol. The number of halogens is 1. The molecule has 0 atom stereocenters. The zero-order valence-electron chi connectivity index (χ0n) is 14.8. The molecular formula is C19H22FNO4S. The molecule has 3 rings (SSSR count). The number of rotatable bonds is 5. The highest BCUT2D eigenvalue weighted by Crippen LogP contribution is 2.30. The number of benzene rings is 2. The van der Waals surface area contributed by atoms with Crippen LogP contribution in [0.3, 0.4) is 0 Å². The molecule has 0 radical (unpaired) electrons. The fourth-order valence-electron chi connectivity index (χ4n) is 3.02. The zero-order valence-corrected chi connectivity index (χ0v) is 15.6. The Hall–Kier alpha value is -2.12. The standard InChI is InChI=1S/C19H22FNO4S/c1-14-3-8-18(24-2)19(13-14)26(22,23)21-11-9-17(10-12-21)25-16-6-4-15(20)5-7-16/h3-8,13,17H,9-12H2,1-2H3. The largest absolute Gasteiger partial charge is 0.495 e. The molecule has 7 heteroatoms. The lowest BCUT2D eigenvalue weighted by atomic mass is 10.1. The van der Waals surface area contributed by atoms with Crippen molar-refractivity contribution in [3.8, 4) is 11.5 Å². The van der Waals surface area contributed by atoms with Crippen molar-refractivity contribution in [2.45, 2.75) is 30.8 Å². The van der Waals surface area contributed by atoms with E-state index >= 15 is 0 Å². The van der Waals surface area contributed by atoms with Crippen LogP contribution in [0.4, 0.5) is 4.39 Å². The first-order valence-corrected chi connectivity index (χ1v) is 9.91. The van der Waals surface area contributed by atoms with Crippen molar-refractivity contribution in [3.63, 3.8) is 0 Å². The Balaban J connectivity index is 1.69. The van der Waals surface area contributed by atoms with Gasteiger partial charge in [-0.25, -0.2) is 12.8 Å². The maximum atomic E-state index is 13.0. The molecule has 0 N–H and O–H groups in total. The van der Waals surface area contributed by atoms with Crippen molar-refractivity contribution in [1.29, 1.82) is 0 Å². The molecule has 140 valence electrons. The van der Waals surface area contributed by atoms with Gasteiger partial charge < -0.3 is 9.47 Å². The molecule has 0 amide bonds. The van der Waals surface area contributed by atoms with Gasteiger partial charge >= 0.3 is 0 Å². The molecule has 2 aromatic carbocycles. The second-order valence-electron chi connectivity index (χ2n) is 6.33. The first-order chi connectivity index (χ1) is 12.4. The van der Waals surface area contributed by atoms with Gasteiger partial charge in [-0.15, -0.1) is 0 Å². The number of nitrogens with zero attached hydrogens (tertiary/aromatic N) is 1. The van der Waals surface area contributed by atoms with Crippen molar-refractivity contribution in [2.75, 3.05) is 20.2 Å². The topological polar surface area (TPSA) is 55.8 Å². The highest BCUT2D eigenvalue weighted by atomic mass is 32.2. The fraction of sp³-hybridized carbons (Fsp3) is 0.368. The summed E-state index contributed by atoms with van der Waals surface area (Å²) >= 11 is 0. The Bertz CT molecular complexity index is 860. The highest BCUT2D eigenvalue weighted by Gasteiger charge is 2.32. The molecule has 0 saturated carbocycles. The molecule has 0 aliphatic carbocycles. The Morgan fingerprint density at radius 3 is 2.35 bits per heavy atom. The minimum atomic E-state index is -3.63. The Morgan fingerprint density at radius 1 is 1.08 bits per heavy atom. The smallest absolute Gasteiger partial charge is 0.246 e. The van der Waals surface area contributed by atoms with E-state index in [-0.39, 0.29) is 16.8 Å². The summed E-state index contributed by atoms with van der Waals surface area (Å²) in [6.07, 6.45) is 1.06. The van der Waals surface area contributed by atoms with E-state index in [1.165, 1.54) is 23.5 Å². The van der Waals surface area contributed by atoms with Gasteiger partial charge in [-0.05, 0) is 61.7 Å². The Labute approximate surface area is 153 Å².